The second kappa shape index (κ2) is 6.36. The average molecular weight is 239 g/mol. The molecule has 0 aromatic carbocycles. The normalized spacial score (nSPS) is 31.9. The predicted octanol–water partition coefficient (Wildman–Crippen LogP) is 0.729. The molecule has 2 fully saturated rings. The second-order valence-electron chi connectivity index (χ2n) is 5.38. The zero-order valence-electron chi connectivity index (χ0n) is 10.9. The number of piperidine rings is 1. The molecule has 0 radical (unpaired) electrons. The number of hydrogen-bond donors (Lipinski definition) is 2. The number of hydrogen-bond acceptors (Lipinski definition) is 3. The minimum absolute atomic E-state index is 0.0350. The Morgan fingerprint density at radius 3 is 2.94 bits per heavy atom. The van der Waals surface area contributed by atoms with Crippen molar-refractivity contribution in [1.29, 1.82) is 0 Å². The van der Waals surface area contributed by atoms with Gasteiger partial charge in [-0.2, -0.15) is 0 Å². The Morgan fingerprint density at radius 2 is 2.12 bits per heavy atom. The molecule has 0 spiro atoms. The van der Waals surface area contributed by atoms with E-state index in [9.17, 15) is 4.79 Å². The van der Waals surface area contributed by atoms with E-state index in [0.29, 0.717) is 6.04 Å². The summed E-state index contributed by atoms with van der Waals surface area (Å²) in [6.45, 7) is 3.00. The van der Waals surface area contributed by atoms with Crippen LogP contribution in [0.3, 0.4) is 0 Å². The van der Waals surface area contributed by atoms with Gasteiger partial charge < -0.3 is 15.5 Å². The summed E-state index contributed by atoms with van der Waals surface area (Å²) >= 11 is 0. The van der Waals surface area contributed by atoms with E-state index < -0.39 is 0 Å². The van der Waals surface area contributed by atoms with Gasteiger partial charge in [0.2, 0.25) is 5.91 Å². The molecule has 2 N–H and O–H groups in total. The molecule has 0 bridgehead atoms. The first-order chi connectivity index (χ1) is 8.27. The topological polar surface area (TPSA) is 44.4 Å². The maximum Gasteiger partial charge on any atom is 0.237 e. The number of amides is 1. The molecule has 1 amide bonds. The van der Waals surface area contributed by atoms with E-state index in [0.717, 1.165) is 32.4 Å². The number of likely N-dealkylation sites (tertiary alicyclic amines) is 1. The van der Waals surface area contributed by atoms with Gasteiger partial charge in [-0.3, -0.25) is 4.79 Å². The molecule has 2 saturated heterocycles. The molecule has 17 heavy (non-hydrogen) atoms. The van der Waals surface area contributed by atoms with Gasteiger partial charge in [-0.25, -0.2) is 0 Å². The second-order valence-corrected chi connectivity index (χ2v) is 5.38. The van der Waals surface area contributed by atoms with Crippen LogP contribution in [-0.4, -0.2) is 49.6 Å². The highest BCUT2D eigenvalue weighted by atomic mass is 16.2. The number of nitrogens with zero attached hydrogens (tertiary/aromatic N) is 1. The van der Waals surface area contributed by atoms with E-state index in [4.69, 9.17) is 0 Å². The molecule has 2 atom stereocenters. The van der Waals surface area contributed by atoms with Gasteiger partial charge in [0.15, 0.2) is 0 Å². The van der Waals surface area contributed by atoms with Crippen LogP contribution >= 0.6 is 0 Å². The lowest BCUT2D eigenvalue weighted by molar-refractivity contribution is -0.122. The van der Waals surface area contributed by atoms with E-state index in [-0.39, 0.29) is 11.9 Å². The molecular formula is C13H25N3O. The molecule has 2 aliphatic rings. The maximum atomic E-state index is 11.8. The molecular weight excluding hydrogens is 214 g/mol. The smallest absolute Gasteiger partial charge is 0.237 e. The summed E-state index contributed by atoms with van der Waals surface area (Å²) in [7, 11) is 2.19. The van der Waals surface area contributed by atoms with Gasteiger partial charge in [0.1, 0.15) is 0 Å². The van der Waals surface area contributed by atoms with Crippen molar-refractivity contribution in [3.63, 3.8) is 0 Å². The van der Waals surface area contributed by atoms with Gasteiger partial charge in [0.05, 0.1) is 6.04 Å². The van der Waals surface area contributed by atoms with Gasteiger partial charge in [0, 0.05) is 19.1 Å². The number of nitrogens with one attached hydrogen (secondary N) is 2. The third kappa shape index (κ3) is 3.68. The summed E-state index contributed by atoms with van der Waals surface area (Å²) in [4.78, 5) is 14.2. The van der Waals surface area contributed by atoms with Gasteiger partial charge in [-0.15, -0.1) is 0 Å². The molecule has 0 saturated carbocycles. The van der Waals surface area contributed by atoms with Crippen molar-refractivity contribution in [3.8, 4) is 0 Å². The van der Waals surface area contributed by atoms with Crippen LogP contribution in [0.25, 0.3) is 0 Å². The number of carbonyl (C=O) groups excluding carboxylic acids is 1. The van der Waals surface area contributed by atoms with E-state index in [1.54, 1.807) is 0 Å². The molecule has 2 rings (SSSR count). The molecule has 4 nitrogen and oxygen atoms in total. The molecule has 2 aliphatic heterocycles. The van der Waals surface area contributed by atoms with E-state index in [1.807, 2.05) is 0 Å². The lowest BCUT2D eigenvalue weighted by Crippen LogP contribution is -2.49. The highest BCUT2D eigenvalue weighted by molar-refractivity contribution is 5.81. The predicted molar refractivity (Wildman–Crippen MR) is 68.9 cm³/mol. The minimum Gasteiger partial charge on any atom is -0.355 e. The van der Waals surface area contributed by atoms with Gasteiger partial charge in [0.25, 0.3) is 0 Å². The van der Waals surface area contributed by atoms with Gasteiger partial charge in [-0.05, 0) is 45.7 Å². The van der Waals surface area contributed by atoms with Crippen LogP contribution < -0.4 is 10.6 Å². The summed E-state index contributed by atoms with van der Waals surface area (Å²) < 4.78 is 0. The SMILES string of the molecule is CN1CCCCC1CNC1CCCCNC1=O. The zero-order chi connectivity index (χ0) is 12.1. The first kappa shape index (κ1) is 12.8. The van der Waals surface area contributed by atoms with Gasteiger partial charge in [-0.1, -0.05) is 6.42 Å². The molecule has 0 aliphatic carbocycles. The summed E-state index contributed by atoms with van der Waals surface area (Å²) in [5.74, 6) is 0.195. The van der Waals surface area contributed by atoms with Crippen LogP contribution in [0.2, 0.25) is 0 Å². The van der Waals surface area contributed by atoms with Crippen LogP contribution in [-0.2, 0) is 4.79 Å². The zero-order valence-corrected chi connectivity index (χ0v) is 10.9. The third-order valence-electron chi connectivity index (χ3n) is 4.06. The highest BCUT2D eigenvalue weighted by Crippen LogP contribution is 2.14. The number of carbonyl (C=O) groups is 1. The Labute approximate surface area is 104 Å². The Kier molecular flexibility index (Phi) is 4.80. The first-order valence-electron chi connectivity index (χ1n) is 6.98. The standard InChI is InChI=1S/C13H25N3O/c1-16-9-5-3-6-11(16)10-15-12-7-2-4-8-14-13(12)17/h11-12,15H,2-10H2,1H3,(H,14,17). The summed E-state index contributed by atoms with van der Waals surface area (Å²) in [6.07, 6.45) is 7.16. The largest absolute Gasteiger partial charge is 0.355 e. The van der Waals surface area contributed by atoms with Gasteiger partial charge >= 0.3 is 0 Å². The Hall–Kier alpha value is -0.610. The average Bonchev–Trinajstić information content (AvgIpc) is 2.53. The van der Waals surface area contributed by atoms with Crippen molar-refractivity contribution in [2.75, 3.05) is 26.7 Å². The highest BCUT2D eigenvalue weighted by Gasteiger charge is 2.23. The fraction of sp³-hybridized carbons (Fsp3) is 0.923. The number of likely N-dealkylation sites (N-methyl/N-ethyl adjacent to an activating group) is 1. The first-order valence-corrected chi connectivity index (χ1v) is 6.98. The van der Waals surface area contributed by atoms with E-state index >= 15 is 0 Å². The van der Waals surface area contributed by atoms with Crippen molar-refractivity contribution in [2.24, 2.45) is 0 Å². The number of rotatable bonds is 3. The van der Waals surface area contributed by atoms with E-state index in [1.165, 1.54) is 25.8 Å². The summed E-state index contributed by atoms with van der Waals surface area (Å²) in [5, 5.41) is 6.44. The van der Waals surface area contributed by atoms with Crippen LogP contribution in [0.4, 0.5) is 0 Å². The molecule has 2 heterocycles. The van der Waals surface area contributed by atoms with Crippen molar-refractivity contribution < 1.29 is 4.79 Å². The Balaban J connectivity index is 1.77. The molecule has 0 aromatic heterocycles. The lowest BCUT2D eigenvalue weighted by Gasteiger charge is -2.33. The third-order valence-corrected chi connectivity index (χ3v) is 4.06. The Bertz CT molecular complexity index is 257. The Morgan fingerprint density at radius 1 is 1.29 bits per heavy atom. The van der Waals surface area contributed by atoms with Crippen molar-refractivity contribution in [3.05, 3.63) is 0 Å². The van der Waals surface area contributed by atoms with E-state index in [2.05, 4.69) is 22.6 Å². The van der Waals surface area contributed by atoms with Crippen molar-refractivity contribution >= 4 is 5.91 Å². The molecule has 0 aromatic rings. The summed E-state index contributed by atoms with van der Waals surface area (Å²) in [6, 6.07) is 0.646. The summed E-state index contributed by atoms with van der Waals surface area (Å²) in [5.41, 5.74) is 0. The van der Waals surface area contributed by atoms with Crippen LogP contribution in [0.5, 0.6) is 0 Å². The quantitative estimate of drug-likeness (QED) is 0.763. The lowest BCUT2D eigenvalue weighted by atomic mass is 10.0. The molecule has 4 heteroatoms. The van der Waals surface area contributed by atoms with Crippen molar-refractivity contribution in [2.45, 2.75) is 50.6 Å². The molecule has 2 unspecified atom stereocenters. The van der Waals surface area contributed by atoms with Crippen LogP contribution in [0.15, 0.2) is 0 Å². The van der Waals surface area contributed by atoms with Crippen LogP contribution in [0.1, 0.15) is 38.5 Å². The molecule has 98 valence electrons. The minimum atomic E-state index is 0.0350. The van der Waals surface area contributed by atoms with Crippen molar-refractivity contribution in [1.82, 2.24) is 15.5 Å². The fourth-order valence-electron chi connectivity index (χ4n) is 2.81. The fourth-order valence-corrected chi connectivity index (χ4v) is 2.81. The maximum absolute atomic E-state index is 11.8. The monoisotopic (exact) mass is 239 g/mol. The van der Waals surface area contributed by atoms with Crippen LogP contribution in [0, 0.1) is 0 Å².